The molecule has 2 aromatic rings. The maximum Gasteiger partial charge on any atom is 0.255 e. The van der Waals surface area contributed by atoms with Crippen LogP contribution in [0.4, 0.5) is 0 Å². The van der Waals surface area contributed by atoms with E-state index in [9.17, 15) is 4.79 Å². The first-order chi connectivity index (χ1) is 11.6. The second-order valence-electron chi connectivity index (χ2n) is 5.86. The monoisotopic (exact) mass is 361 g/mol. The lowest BCUT2D eigenvalue weighted by molar-refractivity contribution is 0.0730. The number of amides is 1. The minimum atomic E-state index is 0.00854. The molecule has 0 atom stereocenters. The molecule has 3 rings (SSSR count). The number of nitrogens with zero attached hydrogens (tertiary/aromatic N) is 1. The van der Waals surface area contributed by atoms with E-state index in [2.05, 4.69) is 0 Å². The van der Waals surface area contributed by atoms with Crippen LogP contribution in [0, 0.1) is 0 Å². The van der Waals surface area contributed by atoms with Gasteiger partial charge in [0.15, 0.2) is 0 Å². The quantitative estimate of drug-likeness (QED) is 0.687. The van der Waals surface area contributed by atoms with E-state index in [-0.39, 0.29) is 5.91 Å². The standard InChI is InChI=1S/C19H20ClNO2S/c1-23-15-7-3-13(4-8-15)12-21(14-5-6-14)19(22)17-11-16(24-2)9-10-18(17)20/h3-4,7-11,14H,5-6,12H2,1-2H3. The molecular formula is C19H20ClNO2S. The van der Waals surface area contributed by atoms with Crippen LogP contribution >= 0.6 is 23.4 Å². The highest BCUT2D eigenvalue weighted by Crippen LogP contribution is 2.32. The number of hydrogen-bond donors (Lipinski definition) is 0. The number of methoxy groups -OCH3 is 1. The molecule has 0 spiro atoms. The Hall–Kier alpha value is -1.65. The van der Waals surface area contributed by atoms with Gasteiger partial charge in [0.1, 0.15) is 5.75 Å². The molecule has 0 bridgehead atoms. The third-order valence-corrected chi connectivity index (χ3v) is 5.22. The van der Waals surface area contributed by atoms with Gasteiger partial charge in [-0.05, 0) is 55.0 Å². The van der Waals surface area contributed by atoms with Gasteiger partial charge in [-0.2, -0.15) is 0 Å². The van der Waals surface area contributed by atoms with Gasteiger partial charge in [0.05, 0.1) is 17.7 Å². The molecule has 24 heavy (non-hydrogen) atoms. The molecule has 1 aliphatic carbocycles. The van der Waals surface area contributed by atoms with E-state index < -0.39 is 0 Å². The van der Waals surface area contributed by atoms with Gasteiger partial charge in [0.2, 0.25) is 0 Å². The van der Waals surface area contributed by atoms with E-state index in [0.717, 1.165) is 29.1 Å². The Morgan fingerprint density at radius 2 is 1.96 bits per heavy atom. The molecule has 1 aliphatic rings. The SMILES string of the molecule is COc1ccc(CN(C(=O)c2cc(SC)ccc2Cl)C2CC2)cc1. The van der Waals surface area contributed by atoms with Crippen LogP contribution in [0.15, 0.2) is 47.4 Å². The van der Waals surface area contributed by atoms with E-state index in [4.69, 9.17) is 16.3 Å². The summed E-state index contributed by atoms with van der Waals surface area (Å²) in [6.07, 6.45) is 4.11. The maximum atomic E-state index is 13.1. The summed E-state index contributed by atoms with van der Waals surface area (Å²) in [5.74, 6) is 0.827. The Bertz CT molecular complexity index is 729. The fourth-order valence-corrected chi connectivity index (χ4v) is 3.27. The molecular weight excluding hydrogens is 342 g/mol. The second kappa shape index (κ2) is 7.49. The average Bonchev–Trinajstić information content (AvgIpc) is 3.45. The Morgan fingerprint density at radius 1 is 1.25 bits per heavy atom. The Labute approximate surface area is 151 Å². The van der Waals surface area contributed by atoms with Crippen molar-refractivity contribution in [3.8, 4) is 5.75 Å². The zero-order valence-electron chi connectivity index (χ0n) is 13.8. The van der Waals surface area contributed by atoms with Crippen molar-refractivity contribution in [2.75, 3.05) is 13.4 Å². The first-order valence-electron chi connectivity index (χ1n) is 7.90. The summed E-state index contributed by atoms with van der Waals surface area (Å²) < 4.78 is 5.19. The normalized spacial score (nSPS) is 13.6. The van der Waals surface area contributed by atoms with Crippen LogP contribution in [0.5, 0.6) is 5.75 Å². The number of carbonyl (C=O) groups is 1. The first-order valence-corrected chi connectivity index (χ1v) is 9.50. The van der Waals surface area contributed by atoms with Crippen molar-refractivity contribution in [1.29, 1.82) is 0 Å². The van der Waals surface area contributed by atoms with Gasteiger partial charge in [-0.1, -0.05) is 23.7 Å². The van der Waals surface area contributed by atoms with Crippen LogP contribution in [-0.2, 0) is 6.54 Å². The molecule has 0 saturated heterocycles. The van der Waals surface area contributed by atoms with Crippen LogP contribution in [-0.4, -0.2) is 30.2 Å². The predicted molar refractivity (Wildman–Crippen MR) is 99.1 cm³/mol. The third kappa shape index (κ3) is 3.87. The molecule has 0 aliphatic heterocycles. The number of carbonyl (C=O) groups excluding carboxylic acids is 1. The van der Waals surface area contributed by atoms with Crippen LogP contribution in [0.1, 0.15) is 28.8 Å². The third-order valence-electron chi connectivity index (χ3n) is 4.16. The molecule has 0 heterocycles. The fraction of sp³-hybridized carbons (Fsp3) is 0.316. The van der Waals surface area contributed by atoms with Crippen LogP contribution in [0.2, 0.25) is 5.02 Å². The summed E-state index contributed by atoms with van der Waals surface area (Å²) in [5, 5.41) is 0.512. The van der Waals surface area contributed by atoms with E-state index in [1.807, 2.05) is 47.6 Å². The fourth-order valence-electron chi connectivity index (χ4n) is 2.63. The second-order valence-corrected chi connectivity index (χ2v) is 7.14. The van der Waals surface area contributed by atoms with Gasteiger partial charge >= 0.3 is 0 Å². The molecule has 3 nitrogen and oxygen atoms in total. The Balaban J connectivity index is 1.83. The first kappa shape index (κ1) is 17.2. The van der Waals surface area contributed by atoms with E-state index in [0.29, 0.717) is 23.2 Å². The topological polar surface area (TPSA) is 29.5 Å². The van der Waals surface area contributed by atoms with Crippen LogP contribution in [0.3, 0.4) is 0 Å². The number of hydrogen-bond acceptors (Lipinski definition) is 3. The number of halogens is 1. The molecule has 5 heteroatoms. The lowest BCUT2D eigenvalue weighted by Gasteiger charge is -2.23. The smallest absolute Gasteiger partial charge is 0.255 e. The molecule has 0 unspecified atom stereocenters. The number of ether oxygens (including phenoxy) is 1. The predicted octanol–water partition coefficient (Wildman–Crippen LogP) is 4.88. The van der Waals surface area contributed by atoms with E-state index in [1.54, 1.807) is 24.9 Å². The highest BCUT2D eigenvalue weighted by Gasteiger charge is 2.33. The van der Waals surface area contributed by atoms with Crippen molar-refractivity contribution in [2.45, 2.75) is 30.3 Å². The summed E-state index contributed by atoms with van der Waals surface area (Å²) in [6, 6.07) is 13.8. The molecule has 1 fully saturated rings. The molecule has 1 saturated carbocycles. The van der Waals surface area contributed by atoms with Gasteiger partial charge in [-0.25, -0.2) is 0 Å². The molecule has 1 amide bonds. The molecule has 0 radical (unpaired) electrons. The van der Waals surface area contributed by atoms with Crippen LogP contribution in [0.25, 0.3) is 0 Å². The minimum absolute atomic E-state index is 0.00854. The van der Waals surface area contributed by atoms with Crippen molar-refractivity contribution in [2.24, 2.45) is 0 Å². The molecule has 126 valence electrons. The van der Waals surface area contributed by atoms with Crippen molar-refractivity contribution in [1.82, 2.24) is 4.90 Å². The number of rotatable bonds is 6. The summed E-state index contributed by atoms with van der Waals surface area (Å²) >= 11 is 7.90. The van der Waals surface area contributed by atoms with Gasteiger partial charge in [-0.3, -0.25) is 4.79 Å². The highest BCUT2D eigenvalue weighted by atomic mass is 35.5. The van der Waals surface area contributed by atoms with Crippen molar-refractivity contribution in [3.63, 3.8) is 0 Å². The van der Waals surface area contributed by atoms with E-state index in [1.165, 1.54) is 0 Å². The van der Waals surface area contributed by atoms with Gasteiger partial charge in [0.25, 0.3) is 5.91 Å². The van der Waals surface area contributed by atoms with Crippen molar-refractivity contribution >= 4 is 29.3 Å². The van der Waals surface area contributed by atoms with Gasteiger partial charge in [0, 0.05) is 17.5 Å². The lowest BCUT2D eigenvalue weighted by Crippen LogP contribution is -2.32. The maximum absolute atomic E-state index is 13.1. The van der Waals surface area contributed by atoms with Gasteiger partial charge in [-0.15, -0.1) is 11.8 Å². The zero-order valence-corrected chi connectivity index (χ0v) is 15.4. The number of thioether (sulfide) groups is 1. The molecule has 0 N–H and O–H groups in total. The zero-order chi connectivity index (χ0) is 17.1. The van der Waals surface area contributed by atoms with Crippen LogP contribution < -0.4 is 4.74 Å². The minimum Gasteiger partial charge on any atom is -0.497 e. The van der Waals surface area contributed by atoms with Crippen molar-refractivity contribution in [3.05, 3.63) is 58.6 Å². The Kier molecular flexibility index (Phi) is 5.36. The van der Waals surface area contributed by atoms with Crippen molar-refractivity contribution < 1.29 is 9.53 Å². The highest BCUT2D eigenvalue weighted by molar-refractivity contribution is 7.98. The Morgan fingerprint density at radius 3 is 2.54 bits per heavy atom. The number of benzene rings is 2. The lowest BCUT2D eigenvalue weighted by atomic mass is 10.1. The molecule has 0 aromatic heterocycles. The summed E-state index contributed by atoms with van der Waals surface area (Å²) in [7, 11) is 1.65. The molecule has 2 aromatic carbocycles. The van der Waals surface area contributed by atoms with Gasteiger partial charge < -0.3 is 9.64 Å². The summed E-state index contributed by atoms with van der Waals surface area (Å²) in [6.45, 7) is 0.591. The largest absolute Gasteiger partial charge is 0.497 e. The average molecular weight is 362 g/mol. The summed E-state index contributed by atoms with van der Waals surface area (Å²) in [4.78, 5) is 16.0. The summed E-state index contributed by atoms with van der Waals surface area (Å²) in [5.41, 5.74) is 1.68. The van der Waals surface area contributed by atoms with E-state index >= 15 is 0 Å².